The summed E-state index contributed by atoms with van der Waals surface area (Å²) in [4.78, 5) is 2.26. The van der Waals surface area contributed by atoms with Gasteiger partial charge in [0.1, 0.15) is 0 Å². The molecule has 0 aliphatic carbocycles. The molecule has 1 saturated heterocycles. The average Bonchev–Trinajstić information content (AvgIpc) is 2.05. The van der Waals surface area contributed by atoms with Crippen molar-refractivity contribution in [1.29, 1.82) is 0 Å². The third-order valence-corrected chi connectivity index (χ3v) is 2.46. The lowest BCUT2D eigenvalue weighted by molar-refractivity contribution is 0.00221. The lowest BCUT2D eigenvalue weighted by Crippen LogP contribution is -2.44. The van der Waals surface area contributed by atoms with Crippen LogP contribution >= 0.6 is 0 Å². The topological polar surface area (TPSA) is 43.7 Å². The molecule has 0 spiro atoms. The van der Waals surface area contributed by atoms with E-state index in [-0.39, 0.29) is 18.6 Å². The summed E-state index contributed by atoms with van der Waals surface area (Å²) in [6.45, 7) is 5.04. The quantitative estimate of drug-likeness (QED) is 0.580. The van der Waals surface area contributed by atoms with Crippen molar-refractivity contribution in [3.8, 4) is 0 Å². The Morgan fingerprint density at radius 1 is 1.55 bits per heavy atom. The Morgan fingerprint density at radius 3 is 2.82 bits per heavy atom. The van der Waals surface area contributed by atoms with Crippen molar-refractivity contribution in [2.45, 2.75) is 19.4 Å². The molecule has 0 amide bonds. The van der Waals surface area contributed by atoms with E-state index in [1.807, 2.05) is 0 Å². The summed E-state index contributed by atoms with van der Waals surface area (Å²) in [5, 5.41) is 18.3. The first-order valence-corrected chi connectivity index (χ1v) is 4.29. The first-order chi connectivity index (χ1) is 5.27. The summed E-state index contributed by atoms with van der Waals surface area (Å²) in [6.07, 6.45) is 0.516. The highest BCUT2D eigenvalue weighted by Gasteiger charge is 2.25. The minimum Gasteiger partial charge on any atom is -0.396 e. The predicted molar refractivity (Wildman–Crippen MR) is 43.3 cm³/mol. The van der Waals surface area contributed by atoms with Gasteiger partial charge < -0.3 is 15.1 Å². The van der Waals surface area contributed by atoms with Gasteiger partial charge in [-0.25, -0.2) is 0 Å². The number of piperidine rings is 1. The molecule has 3 heteroatoms. The predicted octanol–water partition coefficient (Wildman–Crippen LogP) is -0.319. The molecule has 0 bridgehead atoms. The molecular formula is C8H17NO2. The third kappa shape index (κ3) is 2.15. The van der Waals surface area contributed by atoms with Crippen molar-refractivity contribution < 1.29 is 10.2 Å². The van der Waals surface area contributed by atoms with Crippen LogP contribution in [-0.4, -0.2) is 47.5 Å². The molecule has 0 aromatic rings. The molecule has 1 aliphatic heterocycles. The zero-order valence-electron chi connectivity index (χ0n) is 7.03. The van der Waals surface area contributed by atoms with Crippen molar-refractivity contribution >= 4 is 0 Å². The van der Waals surface area contributed by atoms with Gasteiger partial charge in [-0.3, -0.25) is 0 Å². The minimum atomic E-state index is -0.289. The monoisotopic (exact) mass is 159 g/mol. The number of hydrogen-bond donors (Lipinski definition) is 2. The molecule has 11 heavy (non-hydrogen) atoms. The highest BCUT2D eigenvalue weighted by molar-refractivity contribution is 4.78. The number of aliphatic hydroxyl groups excluding tert-OH is 2. The Labute approximate surface area is 67.6 Å². The minimum absolute atomic E-state index is 0.0729. The van der Waals surface area contributed by atoms with E-state index in [9.17, 15) is 5.11 Å². The standard InChI is InChI=1S/C8H17NO2/c1-2-9-4-3-8(11)7(5-9)6-10/h7-8,10-11H,2-6H2,1H3. The maximum Gasteiger partial charge on any atom is 0.0614 e. The van der Waals surface area contributed by atoms with Gasteiger partial charge in [0.15, 0.2) is 0 Å². The van der Waals surface area contributed by atoms with Crippen LogP contribution < -0.4 is 0 Å². The van der Waals surface area contributed by atoms with Crippen LogP contribution in [0.1, 0.15) is 13.3 Å². The second kappa shape index (κ2) is 4.04. The van der Waals surface area contributed by atoms with Gasteiger partial charge in [-0.15, -0.1) is 0 Å². The Hall–Kier alpha value is -0.120. The number of aliphatic hydroxyl groups is 2. The van der Waals surface area contributed by atoms with Crippen LogP contribution in [0.3, 0.4) is 0 Å². The number of hydrogen-bond acceptors (Lipinski definition) is 3. The molecule has 1 fully saturated rings. The normalized spacial score (nSPS) is 34.1. The zero-order chi connectivity index (χ0) is 8.27. The van der Waals surface area contributed by atoms with E-state index in [1.54, 1.807) is 0 Å². The smallest absolute Gasteiger partial charge is 0.0614 e. The van der Waals surface area contributed by atoms with Crippen molar-refractivity contribution in [3.05, 3.63) is 0 Å². The zero-order valence-corrected chi connectivity index (χ0v) is 7.03. The fourth-order valence-electron chi connectivity index (χ4n) is 1.56. The number of nitrogens with zero attached hydrogens (tertiary/aromatic N) is 1. The van der Waals surface area contributed by atoms with Gasteiger partial charge in [0.25, 0.3) is 0 Å². The first kappa shape index (κ1) is 8.97. The summed E-state index contributed by atoms with van der Waals surface area (Å²) in [6, 6.07) is 0. The molecule has 1 heterocycles. The van der Waals surface area contributed by atoms with Gasteiger partial charge in [-0.1, -0.05) is 6.92 Å². The summed E-state index contributed by atoms with van der Waals surface area (Å²) < 4.78 is 0. The van der Waals surface area contributed by atoms with Crippen LogP contribution in [0.5, 0.6) is 0 Å². The van der Waals surface area contributed by atoms with E-state index in [4.69, 9.17) is 5.11 Å². The maximum absolute atomic E-state index is 9.40. The van der Waals surface area contributed by atoms with E-state index >= 15 is 0 Å². The first-order valence-electron chi connectivity index (χ1n) is 4.29. The van der Waals surface area contributed by atoms with E-state index in [0.717, 1.165) is 26.1 Å². The largest absolute Gasteiger partial charge is 0.396 e. The second-order valence-electron chi connectivity index (χ2n) is 3.19. The Balaban J connectivity index is 2.37. The van der Waals surface area contributed by atoms with E-state index < -0.39 is 0 Å². The molecule has 0 aromatic carbocycles. The summed E-state index contributed by atoms with van der Waals surface area (Å²) >= 11 is 0. The lowest BCUT2D eigenvalue weighted by atomic mass is 9.96. The van der Waals surface area contributed by atoms with Gasteiger partial charge in [0, 0.05) is 25.6 Å². The molecular weight excluding hydrogens is 142 g/mol. The fourth-order valence-corrected chi connectivity index (χ4v) is 1.56. The van der Waals surface area contributed by atoms with Crippen LogP contribution in [0.4, 0.5) is 0 Å². The van der Waals surface area contributed by atoms with Gasteiger partial charge in [0.05, 0.1) is 6.10 Å². The Bertz CT molecular complexity index is 119. The van der Waals surface area contributed by atoms with Crippen LogP contribution in [0.15, 0.2) is 0 Å². The Kier molecular flexibility index (Phi) is 3.30. The van der Waals surface area contributed by atoms with Gasteiger partial charge in [-0.2, -0.15) is 0 Å². The van der Waals surface area contributed by atoms with Crippen LogP contribution in [-0.2, 0) is 0 Å². The second-order valence-corrected chi connectivity index (χ2v) is 3.19. The summed E-state index contributed by atoms with van der Waals surface area (Å²) in [5.74, 6) is 0.0729. The van der Waals surface area contributed by atoms with Crippen LogP contribution in [0, 0.1) is 5.92 Å². The molecule has 66 valence electrons. The molecule has 0 saturated carbocycles. The highest BCUT2D eigenvalue weighted by Crippen LogP contribution is 2.15. The molecule has 1 rings (SSSR count). The number of rotatable bonds is 2. The SMILES string of the molecule is CCN1CCC(O)C(CO)C1. The molecule has 0 aromatic heterocycles. The van der Waals surface area contributed by atoms with Crippen molar-refractivity contribution in [2.24, 2.45) is 5.92 Å². The van der Waals surface area contributed by atoms with Crippen LogP contribution in [0.25, 0.3) is 0 Å². The molecule has 0 radical (unpaired) electrons. The lowest BCUT2D eigenvalue weighted by Gasteiger charge is -2.34. The van der Waals surface area contributed by atoms with Crippen molar-refractivity contribution in [1.82, 2.24) is 4.90 Å². The van der Waals surface area contributed by atoms with E-state index in [2.05, 4.69) is 11.8 Å². The number of likely N-dealkylation sites (tertiary alicyclic amines) is 1. The highest BCUT2D eigenvalue weighted by atomic mass is 16.3. The molecule has 2 atom stereocenters. The summed E-state index contributed by atoms with van der Waals surface area (Å²) in [7, 11) is 0. The van der Waals surface area contributed by atoms with Gasteiger partial charge in [0.2, 0.25) is 0 Å². The maximum atomic E-state index is 9.40. The Morgan fingerprint density at radius 2 is 2.27 bits per heavy atom. The van der Waals surface area contributed by atoms with Crippen molar-refractivity contribution in [2.75, 3.05) is 26.2 Å². The molecule has 2 N–H and O–H groups in total. The van der Waals surface area contributed by atoms with E-state index in [1.165, 1.54) is 0 Å². The third-order valence-electron chi connectivity index (χ3n) is 2.46. The molecule has 2 unspecified atom stereocenters. The van der Waals surface area contributed by atoms with Crippen molar-refractivity contribution in [3.63, 3.8) is 0 Å². The van der Waals surface area contributed by atoms with Gasteiger partial charge in [-0.05, 0) is 13.0 Å². The summed E-state index contributed by atoms with van der Waals surface area (Å²) in [5.41, 5.74) is 0. The fraction of sp³-hybridized carbons (Fsp3) is 1.00. The molecule has 3 nitrogen and oxygen atoms in total. The van der Waals surface area contributed by atoms with E-state index in [0.29, 0.717) is 0 Å². The van der Waals surface area contributed by atoms with Crippen LogP contribution in [0.2, 0.25) is 0 Å². The molecule has 1 aliphatic rings. The average molecular weight is 159 g/mol. The van der Waals surface area contributed by atoms with Gasteiger partial charge >= 0.3 is 0 Å².